The third-order valence-electron chi connectivity index (χ3n) is 8.12. The molecule has 1 saturated heterocycles. The predicted molar refractivity (Wildman–Crippen MR) is 129 cm³/mol. The maximum atomic E-state index is 13.0. The Morgan fingerprint density at radius 1 is 0.853 bits per heavy atom. The lowest BCUT2D eigenvalue weighted by atomic mass is 9.63. The van der Waals surface area contributed by atoms with Crippen molar-refractivity contribution in [2.75, 3.05) is 0 Å². The molecule has 8 rings (SSSR count). The Kier molecular flexibility index (Phi) is 4.28. The zero-order valence-corrected chi connectivity index (χ0v) is 18.6. The lowest BCUT2D eigenvalue weighted by molar-refractivity contribution is -0.140. The minimum atomic E-state index is -0.215. The van der Waals surface area contributed by atoms with Crippen LogP contribution in [0.15, 0.2) is 84.0 Å². The van der Waals surface area contributed by atoms with E-state index in [1.165, 1.54) is 10.8 Å². The van der Waals surface area contributed by atoms with Crippen LogP contribution < -0.4 is 4.74 Å². The first kappa shape index (κ1) is 19.7. The second-order valence-electron chi connectivity index (χ2n) is 9.88. The van der Waals surface area contributed by atoms with Gasteiger partial charge in [0.15, 0.2) is 0 Å². The van der Waals surface area contributed by atoms with E-state index in [2.05, 4.69) is 41.5 Å². The van der Waals surface area contributed by atoms with E-state index in [9.17, 15) is 9.59 Å². The number of imide groups is 1. The van der Waals surface area contributed by atoms with Gasteiger partial charge < -0.3 is 4.74 Å². The molecular formula is C29H24N2O3. The molecule has 5 aliphatic rings. The van der Waals surface area contributed by atoms with E-state index < -0.39 is 0 Å². The summed E-state index contributed by atoms with van der Waals surface area (Å²) in [4.78, 5) is 26.1. The smallest absolute Gasteiger partial charge is 0.254 e. The van der Waals surface area contributed by atoms with Crippen LogP contribution in [0.4, 0.5) is 0 Å². The molecule has 4 aliphatic carbocycles. The van der Waals surface area contributed by atoms with Crippen LogP contribution in [0.2, 0.25) is 0 Å². The van der Waals surface area contributed by atoms with Crippen molar-refractivity contribution < 1.29 is 14.3 Å². The number of ether oxygens (including phenoxy) is 1. The third kappa shape index (κ3) is 2.96. The molecule has 0 N–H and O–H groups in total. The number of benzene rings is 3. The summed E-state index contributed by atoms with van der Waals surface area (Å²) in [5, 5.41) is 7.82. The summed E-state index contributed by atoms with van der Waals surface area (Å²) in [5.74, 6) is 1.69. The molecule has 3 aromatic carbocycles. The van der Waals surface area contributed by atoms with Gasteiger partial charge in [-0.05, 0) is 76.3 Å². The fourth-order valence-corrected chi connectivity index (χ4v) is 6.41. The minimum Gasteiger partial charge on any atom is -0.489 e. The SMILES string of the molecule is O=C1[C@H]2[C@@H]3C=C[C@H]([C@H]4C[C@H]34)[C@@H]2C(=O)N1/N=C/c1ccc(OCc2cccc3ccccc23)cc1. The van der Waals surface area contributed by atoms with Crippen molar-refractivity contribution in [1.29, 1.82) is 0 Å². The third-order valence-corrected chi connectivity index (χ3v) is 8.12. The van der Waals surface area contributed by atoms with Crippen LogP contribution in [0.25, 0.3) is 10.8 Å². The molecule has 5 heteroatoms. The van der Waals surface area contributed by atoms with Crippen molar-refractivity contribution >= 4 is 28.8 Å². The monoisotopic (exact) mass is 448 g/mol. The van der Waals surface area contributed by atoms with Crippen LogP contribution >= 0.6 is 0 Å². The van der Waals surface area contributed by atoms with Gasteiger partial charge in [0.2, 0.25) is 0 Å². The van der Waals surface area contributed by atoms with Crippen LogP contribution in [0, 0.1) is 35.5 Å². The van der Waals surface area contributed by atoms with Gasteiger partial charge in [-0.2, -0.15) is 10.1 Å². The van der Waals surface area contributed by atoms with Gasteiger partial charge in [-0.15, -0.1) is 0 Å². The molecule has 0 spiro atoms. The van der Waals surface area contributed by atoms with E-state index in [1.807, 2.05) is 42.5 Å². The Hall–Kier alpha value is -3.73. The van der Waals surface area contributed by atoms with Crippen molar-refractivity contribution in [3.63, 3.8) is 0 Å². The zero-order valence-electron chi connectivity index (χ0n) is 18.6. The first-order chi connectivity index (χ1) is 16.7. The lowest BCUT2D eigenvalue weighted by Gasteiger charge is -2.37. The molecule has 1 aliphatic heterocycles. The minimum absolute atomic E-state index is 0.133. The van der Waals surface area contributed by atoms with Crippen molar-refractivity contribution in [3.8, 4) is 5.75 Å². The zero-order chi connectivity index (χ0) is 22.8. The highest BCUT2D eigenvalue weighted by Gasteiger charge is 2.67. The van der Waals surface area contributed by atoms with Gasteiger partial charge in [-0.3, -0.25) is 9.59 Å². The van der Waals surface area contributed by atoms with E-state index in [0.717, 1.165) is 28.3 Å². The van der Waals surface area contributed by atoms with Gasteiger partial charge in [-0.1, -0.05) is 54.6 Å². The quantitative estimate of drug-likeness (QED) is 0.320. The van der Waals surface area contributed by atoms with Crippen LogP contribution in [0.3, 0.4) is 0 Å². The van der Waals surface area contributed by atoms with Crippen LogP contribution in [-0.2, 0) is 16.2 Å². The summed E-state index contributed by atoms with van der Waals surface area (Å²) in [6, 6.07) is 22.1. The summed E-state index contributed by atoms with van der Waals surface area (Å²) < 4.78 is 6.01. The van der Waals surface area contributed by atoms with Crippen LogP contribution in [0.5, 0.6) is 5.75 Å². The summed E-state index contributed by atoms with van der Waals surface area (Å²) in [7, 11) is 0. The second kappa shape index (κ2) is 7.39. The number of carbonyl (C=O) groups excluding carboxylic acids is 2. The molecule has 2 bridgehead atoms. The largest absolute Gasteiger partial charge is 0.489 e. The molecule has 0 radical (unpaired) electrons. The van der Waals surface area contributed by atoms with Crippen molar-refractivity contribution in [1.82, 2.24) is 5.01 Å². The fraction of sp³-hybridized carbons (Fsp3) is 0.276. The topological polar surface area (TPSA) is 59.0 Å². The van der Waals surface area contributed by atoms with Gasteiger partial charge >= 0.3 is 0 Å². The number of carbonyl (C=O) groups is 2. The van der Waals surface area contributed by atoms with E-state index in [-0.39, 0.29) is 35.5 Å². The Bertz CT molecular complexity index is 1330. The molecule has 34 heavy (non-hydrogen) atoms. The maximum absolute atomic E-state index is 13.0. The molecule has 0 aromatic heterocycles. The van der Waals surface area contributed by atoms with Crippen LogP contribution in [0.1, 0.15) is 17.5 Å². The molecule has 3 aromatic rings. The van der Waals surface area contributed by atoms with Gasteiger partial charge in [0, 0.05) is 0 Å². The molecule has 2 saturated carbocycles. The first-order valence-electron chi connectivity index (χ1n) is 12.0. The van der Waals surface area contributed by atoms with E-state index in [0.29, 0.717) is 18.4 Å². The molecule has 5 nitrogen and oxygen atoms in total. The first-order valence-corrected chi connectivity index (χ1v) is 12.0. The highest BCUT2D eigenvalue weighted by Crippen LogP contribution is 2.65. The Morgan fingerprint density at radius 3 is 2.26 bits per heavy atom. The standard InChI is InChI=1S/C29H24N2O3/c32-28-26-22-12-13-23(25-14-24(22)25)27(26)29(33)31(28)30-15-17-8-10-20(11-9-17)34-16-19-6-3-5-18-4-1-2-7-21(18)19/h1-13,15,22-27H,14,16H2/b30-15+/t22-,23-,24-,25-,26+,27+/m1/s1. The Balaban J connectivity index is 1.04. The van der Waals surface area contributed by atoms with Crippen molar-refractivity contribution in [2.45, 2.75) is 13.0 Å². The number of nitrogens with zero attached hydrogens (tertiary/aromatic N) is 2. The average molecular weight is 449 g/mol. The number of allylic oxidation sites excluding steroid dienone is 2. The highest BCUT2D eigenvalue weighted by molar-refractivity contribution is 6.06. The summed E-state index contributed by atoms with van der Waals surface area (Å²) in [6.45, 7) is 0.479. The number of rotatable bonds is 5. The number of hydrogen-bond donors (Lipinski definition) is 0. The maximum Gasteiger partial charge on any atom is 0.254 e. The molecule has 168 valence electrons. The molecule has 2 amide bonds. The summed E-state index contributed by atoms with van der Waals surface area (Å²) in [6.07, 6.45) is 7.11. The van der Waals surface area contributed by atoms with Gasteiger partial charge in [0.05, 0.1) is 18.1 Å². The number of fused-ring (bicyclic) bond motifs is 1. The van der Waals surface area contributed by atoms with Gasteiger partial charge in [-0.25, -0.2) is 0 Å². The molecule has 3 fully saturated rings. The average Bonchev–Trinajstić information content (AvgIpc) is 3.66. The number of hydrogen-bond acceptors (Lipinski definition) is 4. The normalized spacial score (nSPS) is 30.8. The molecular weight excluding hydrogens is 424 g/mol. The molecule has 6 atom stereocenters. The number of amides is 2. The van der Waals surface area contributed by atoms with E-state index >= 15 is 0 Å². The predicted octanol–water partition coefficient (Wildman–Crippen LogP) is 4.81. The molecule has 1 heterocycles. The summed E-state index contributed by atoms with van der Waals surface area (Å²) >= 11 is 0. The summed E-state index contributed by atoms with van der Waals surface area (Å²) in [5.41, 5.74) is 1.95. The number of hydrazone groups is 1. The molecule has 0 unspecified atom stereocenters. The fourth-order valence-electron chi connectivity index (χ4n) is 6.41. The Morgan fingerprint density at radius 2 is 1.53 bits per heavy atom. The lowest BCUT2D eigenvalue weighted by Crippen LogP contribution is -2.40. The van der Waals surface area contributed by atoms with Crippen molar-refractivity contribution in [2.24, 2.45) is 40.6 Å². The van der Waals surface area contributed by atoms with E-state index in [1.54, 1.807) is 6.21 Å². The van der Waals surface area contributed by atoms with Gasteiger partial charge in [0.25, 0.3) is 11.8 Å². The van der Waals surface area contributed by atoms with Crippen molar-refractivity contribution in [3.05, 3.63) is 90.0 Å². The highest BCUT2D eigenvalue weighted by atomic mass is 16.5. The van der Waals surface area contributed by atoms with E-state index in [4.69, 9.17) is 4.74 Å². The Labute approximate surface area is 197 Å². The second-order valence-corrected chi connectivity index (χ2v) is 9.88. The van der Waals surface area contributed by atoms with Crippen LogP contribution in [-0.4, -0.2) is 23.0 Å². The van der Waals surface area contributed by atoms with Gasteiger partial charge in [0.1, 0.15) is 12.4 Å².